The summed E-state index contributed by atoms with van der Waals surface area (Å²) in [7, 11) is 0. The van der Waals surface area contributed by atoms with Gasteiger partial charge in [-0.25, -0.2) is 9.97 Å². The summed E-state index contributed by atoms with van der Waals surface area (Å²) in [6.45, 7) is 8.66. The second kappa shape index (κ2) is 14.4. The molecule has 6 aromatic rings. The number of likely N-dealkylation sites (tertiary alicyclic amines) is 2. The van der Waals surface area contributed by atoms with Crippen molar-refractivity contribution < 1.29 is 19.4 Å². The van der Waals surface area contributed by atoms with E-state index < -0.39 is 5.97 Å². The molecule has 0 spiro atoms. The first-order chi connectivity index (χ1) is 25.7. The predicted molar refractivity (Wildman–Crippen MR) is 203 cm³/mol. The molecule has 2 fully saturated rings. The van der Waals surface area contributed by atoms with Gasteiger partial charge in [-0.05, 0) is 109 Å². The van der Waals surface area contributed by atoms with Gasteiger partial charge in [0, 0.05) is 68.2 Å². The molecule has 3 aromatic heterocycles. The molecule has 2 atom stereocenters. The highest BCUT2D eigenvalue weighted by Crippen LogP contribution is 2.38. The Morgan fingerprint density at radius 3 is 2.49 bits per heavy atom. The van der Waals surface area contributed by atoms with E-state index in [2.05, 4.69) is 58.2 Å². The SMILES string of the molecule is Cc1c(Nc2nccc3cc(CN4CC[C@@H](O)C4)cnc23)cccc1-c1cccc(-c2nc3cc(CN4CCC(CC(=O)O)C4)cc(C#N)c3o2)c1C. The molecule has 2 aliphatic heterocycles. The lowest BCUT2D eigenvalue weighted by molar-refractivity contribution is -0.138. The lowest BCUT2D eigenvalue weighted by Gasteiger charge is -2.17. The molecule has 0 bridgehead atoms. The topological polar surface area (TPSA) is 152 Å². The second-order valence-electron chi connectivity index (χ2n) is 14.4. The number of aliphatic hydroxyl groups is 1. The molecular formula is C42H41N7O4. The number of rotatable bonds is 10. The third-order valence-corrected chi connectivity index (χ3v) is 10.7. The smallest absolute Gasteiger partial charge is 0.303 e. The molecule has 0 saturated carbocycles. The van der Waals surface area contributed by atoms with Crippen molar-refractivity contribution >= 4 is 39.5 Å². The van der Waals surface area contributed by atoms with Crippen LogP contribution in [0.4, 0.5) is 11.5 Å². The number of nitrogens with one attached hydrogen (secondary N) is 1. The van der Waals surface area contributed by atoms with Gasteiger partial charge in [0.1, 0.15) is 17.1 Å². The van der Waals surface area contributed by atoms with Crippen molar-refractivity contribution in [3.05, 3.63) is 101 Å². The summed E-state index contributed by atoms with van der Waals surface area (Å²) in [5.74, 6) is 0.512. The molecule has 268 valence electrons. The van der Waals surface area contributed by atoms with Crippen LogP contribution >= 0.6 is 0 Å². The van der Waals surface area contributed by atoms with Gasteiger partial charge in [0.2, 0.25) is 5.89 Å². The number of nitrogens with zero attached hydrogens (tertiary/aromatic N) is 6. The minimum Gasteiger partial charge on any atom is -0.481 e. The monoisotopic (exact) mass is 707 g/mol. The molecule has 11 nitrogen and oxygen atoms in total. The molecule has 1 unspecified atom stereocenters. The lowest BCUT2D eigenvalue weighted by atomic mass is 9.93. The highest BCUT2D eigenvalue weighted by molar-refractivity contribution is 5.91. The number of hydrogen-bond acceptors (Lipinski definition) is 10. The van der Waals surface area contributed by atoms with E-state index in [4.69, 9.17) is 14.4 Å². The number of carboxylic acid groups (broad SMARTS) is 1. The molecule has 2 aliphatic rings. The first kappa shape index (κ1) is 34.4. The highest BCUT2D eigenvalue weighted by atomic mass is 16.4. The summed E-state index contributed by atoms with van der Waals surface area (Å²) in [4.78, 5) is 30.0. The zero-order valence-electron chi connectivity index (χ0n) is 29.8. The van der Waals surface area contributed by atoms with E-state index in [1.165, 1.54) is 0 Å². The number of aliphatic carboxylic acids is 1. The lowest BCUT2D eigenvalue weighted by Crippen LogP contribution is -2.21. The third kappa shape index (κ3) is 7.09. The van der Waals surface area contributed by atoms with Crippen molar-refractivity contribution in [2.45, 2.75) is 52.3 Å². The zero-order chi connectivity index (χ0) is 36.6. The van der Waals surface area contributed by atoms with Gasteiger partial charge in [0.25, 0.3) is 0 Å². The minimum atomic E-state index is -0.763. The summed E-state index contributed by atoms with van der Waals surface area (Å²) in [6.07, 6.45) is 5.29. The molecule has 0 radical (unpaired) electrons. The van der Waals surface area contributed by atoms with Crippen LogP contribution in [0.15, 0.2) is 77.5 Å². The van der Waals surface area contributed by atoms with Crippen molar-refractivity contribution in [1.29, 1.82) is 5.26 Å². The standard InChI is InChI=1S/C42H41N7O4/c1-25-33(5-3-7-35(25)42-47-37-17-28(15-31(19-43)40(37)53-42)22-48-13-10-27(21-48)18-38(51)52)34-6-4-8-36(26(34)2)46-41-39-30(9-12-44-41)16-29(20-45-39)23-49-14-11-32(50)24-49/h3-9,12,15-17,20,27,32,50H,10-11,13-14,18,21-24H2,1-2H3,(H,44,46)(H,51,52)/t27?,32-/m1/s1. The number of nitriles is 1. The number of carbonyl (C=O) groups is 1. The molecule has 2 saturated heterocycles. The van der Waals surface area contributed by atoms with Crippen molar-refractivity contribution in [3.8, 4) is 28.7 Å². The van der Waals surface area contributed by atoms with Gasteiger partial charge in [-0.15, -0.1) is 0 Å². The van der Waals surface area contributed by atoms with E-state index >= 15 is 0 Å². The van der Waals surface area contributed by atoms with Crippen LogP contribution in [0.25, 0.3) is 44.6 Å². The Morgan fingerprint density at radius 1 is 0.943 bits per heavy atom. The molecule has 11 heteroatoms. The Bertz CT molecular complexity index is 2400. The van der Waals surface area contributed by atoms with Crippen LogP contribution in [-0.2, 0) is 17.9 Å². The van der Waals surface area contributed by atoms with Gasteiger partial charge in [-0.2, -0.15) is 5.26 Å². The van der Waals surface area contributed by atoms with Gasteiger partial charge in [-0.1, -0.05) is 24.3 Å². The number of anilines is 2. The average molecular weight is 708 g/mol. The number of β-amino-alcohol motifs (C(OH)–C–C–N with tert-alkyl or cyclic N) is 1. The van der Waals surface area contributed by atoms with Crippen LogP contribution in [0.2, 0.25) is 0 Å². The van der Waals surface area contributed by atoms with Crippen molar-refractivity contribution in [2.24, 2.45) is 5.92 Å². The minimum absolute atomic E-state index is 0.142. The average Bonchev–Trinajstić information content (AvgIpc) is 3.88. The normalized spacial score (nSPS) is 17.8. The van der Waals surface area contributed by atoms with E-state index in [9.17, 15) is 20.3 Å². The summed E-state index contributed by atoms with van der Waals surface area (Å²) in [5, 5.41) is 33.7. The van der Waals surface area contributed by atoms with Gasteiger partial charge in [-0.3, -0.25) is 19.6 Å². The maximum Gasteiger partial charge on any atom is 0.303 e. The van der Waals surface area contributed by atoms with E-state index in [-0.39, 0.29) is 18.4 Å². The van der Waals surface area contributed by atoms with E-state index in [0.717, 1.165) is 94.6 Å². The largest absolute Gasteiger partial charge is 0.481 e. The number of aromatic nitrogens is 3. The van der Waals surface area contributed by atoms with Crippen molar-refractivity contribution in [3.63, 3.8) is 0 Å². The molecule has 3 aromatic carbocycles. The molecule has 3 N–H and O–H groups in total. The van der Waals surface area contributed by atoms with Gasteiger partial charge < -0.3 is 19.9 Å². The molecule has 0 amide bonds. The van der Waals surface area contributed by atoms with Crippen molar-refractivity contribution in [1.82, 2.24) is 24.8 Å². The summed E-state index contributed by atoms with van der Waals surface area (Å²) >= 11 is 0. The zero-order valence-corrected chi connectivity index (χ0v) is 29.8. The molecular weight excluding hydrogens is 667 g/mol. The van der Waals surface area contributed by atoms with Crippen LogP contribution in [0.5, 0.6) is 0 Å². The quantitative estimate of drug-likeness (QED) is 0.133. The van der Waals surface area contributed by atoms with E-state index in [1.807, 2.05) is 48.7 Å². The maximum absolute atomic E-state index is 11.2. The predicted octanol–water partition coefficient (Wildman–Crippen LogP) is 7.20. The van der Waals surface area contributed by atoms with Crippen LogP contribution in [0, 0.1) is 31.1 Å². The fraction of sp³-hybridized carbons (Fsp3) is 0.310. The number of pyridine rings is 2. The first-order valence-corrected chi connectivity index (χ1v) is 18.1. The Hall–Kier alpha value is -5.67. The summed E-state index contributed by atoms with van der Waals surface area (Å²) < 4.78 is 6.30. The van der Waals surface area contributed by atoms with Crippen LogP contribution < -0.4 is 5.32 Å². The summed E-state index contributed by atoms with van der Waals surface area (Å²) in [6, 6.07) is 22.5. The molecule has 53 heavy (non-hydrogen) atoms. The Kier molecular flexibility index (Phi) is 9.35. The fourth-order valence-electron chi connectivity index (χ4n) is 7.96. The Labute approximate surface area is 307 Å². The second-order valence-corrected chi connectivity index (χ2v) is 14.4. The number of oxazole rings is 1. The third-order valence-electron chi connectivity index (χ3n) is 10.7. The van der Waals surface area contributed by atoms with Gasteiger partial charge in [0.15, 0.2) is 11.4 Å². The Morgan fingerprint density at radius 2 is 1.70 bits per heavy atom. The van der Waals surface area contributed by atoms with Crippen LogP contribution in [-0.4, -0.2) is 73.2 Å². The first-order valence-electron chi connectivity index (χ1n) is 18.1. The van der Waals surface area contributed by atoms with Gasteiger partial charge >= 0.3 is 5.97 Å². The highest BCUT2D eigenvalue weighted by Gasteiger charge is 2.26. The number of carboxylic acids is 1. The number of benzene rings is 3. The van der Waals surface area contributed by atoms with E-state index in [0.29, 0.717) is 41.5 Å². The van der Waals surface area contributed by atoms with Gasteiger partial charge in [0.05, 0.1) is 11.7 Å². The number of aliphatic hydroxyl groups excluding tert-OH is 1. The van der Waals surface area contributed by atoms with Crippen molar-refractivity contribution in [2.75, 3.05) is 31.5 Å². The van der Waals surface area contributed by atoms with Crippen LogP contribution in [0.1, 0.15) is 47.1 Å². The van der Waals surface area contributed by atoms with E-state index in [1.54, 1.807) is 6.20 Å². The summed E-state index contributed by atoms with van der Waals surface area (Å²) in [5.41, 5.74) is 10.3. The maximum atomic E-state index is 11.2. The number of hydrogen-bond donors (Lipinski definition) is 3. The molecule has 8 rings (SSSR count). The molecule has 5 heterocycles. The van der Waals surface area contributed by atoms with Crippen LogP contribution in [0.3, 0.4) is 0 Å². The Balaban J connectivity index is 1.05. The molecule has 0 aliphatic carbocycles. The fourth-order valence-corrected chi connectivity index (χ4v) is 7.96. The number of fused-ring (bicyclic) bond motifs is 2.